The number of Topliss-reactive ketones (excluding diaryl/α,β-unsaturated/α-hetero) is 1. The summed E-state index contributed by atoms with van der Waals surface area (Å²) in [5, 5.41) is 0. The highest BCUT2D eigenvalue weighted by Crippen LogP contribution is 2.07. The van der Waals surface area contributed by atoms with E-state index in [0.717, 1.165) is 25.7 Å². The zero-order valence-corrected chi connectivity index (χ0v) is 9.78. The fraction of sp³-hybridized carbons (Fsp3) is 0.462. The Morgan fingerprint density at radius 3 is 2.94 bits per heavy atom. The van der Waals surface area contributed by atoms with E-state index < -0.39 is 0 Å². The number of unbranched alkanes of at least 4 members (excludes halogenated alkanes) is 3. The summed E-state index contributed by atoms with van der Waals surface area (Å²) in [5.74, 6) is 0.765. The summed E-state index contributed by atoms with van der Waals surface area (Å²) in [6, 6.07) is 1.68. The molecule has 0 aliphatic rings. The van der Waals surface area contributed by atoms with Crippen LogP contribution >= 0.6 is 0 Å². The first-order valence-electron chi connectivity index (χ1n) is 5.68. The summed E-state index contributed by atoms with van der Waals surface area (Å²) in [7, 11) is 0. The molecule has 0 radical (unpaired) electrons. The molecule has 1 aromatic heterocycles. The summed E-state index contributed by atoms with van der Waals surface area (Å²) >= 11 is 0. The number of nitrogens with zero attached hydrogens (tertiary/aromatic N) is 2. The molecule has 86 valence electrons. The van der Waals surface area contributed by atoms with Gasteiger partial charge in [-0.05, 0) is 32.3 Å². The number of rotatable bonds is 7. The van der Waals surface area contributed by atoms with Gasteiger partial charge in [0.1, 0.15) is 11.5 Å². The highest BCUT2D eigenvalue weighted by Gasteiger charge is 2.06. The zero-order valence-electron chi connectivity index (χ0n) is 9.78. The Balaban J connectivity index is 2.32. The maximum atomic E-state index is 11.7. The Labute approximate surface area is 96.6 Å². The van der Waals surface area contributed by atoms with Gasteiger partial charge in [0.25, 0.3) is 0 Å². The summed E-state index contributed by atoms with van der Waals surface area (Å²) in [4.78, 5) is 19.8. The Morgan fingerprint density at radius 2 is 2.25 bits per heavy atom. The van der Waals surface area contributed by atoms with Gasteiger partial charge in [0.15, 0.2) is 5.78 Å². The van der Waals surface area contributed by atoms with Gasteiger partial charge in [0, 0.05) is 12.6 Å². The van der Waals surface area contributed by atoms with E-state index in [2.05, 4.69) is 16.5 Å². The molecule has 16 heavy (non-hydrogen) atoms. The molecule has 3 heteroatoms. The van der Waals surface area contributed by atoms with Crippen molar-refractivity contribution >= 4 is 5.78 Å². The number of allylic oxidation sites excluding steroid dienone is 1. The Morgan fingerprint density at radius 1 is 1.44 bits per heavy atom. The zero-order chi connectivity index (χ0) is 11.8. The van der Waals surface area contributed by atoms with Gasteiger partial charge in [-0.1, -0.05) is 12.5 Å². The second-order valence-corrected chi connectivity index (χ2v) is 3.80. The largest absolute Gasteiger partial charge is 0.292 e. The molecule has 0 fully saturated rings. The van der Waals surface area contributed by atoms with Crippen LogP contribution in [0.1, 0.15) is 48.4 Å². The number of aromatic nitrogens is 2. The highest BCUT2D eigenvalue weighted by atomic mass is 16.1. The van der Waals surface area contributed by atoms with Crippen LogP contribution in [0.5, 0.6) is 0 Å². The monoisotopic (exact) mass is 218 g/mol. The molecule has 0 amide bonds. The molecule has 0 bridgehead atoms. The number of carbonyl (C=O) groups is 1. The molecule has 0 aliphatic heterocycles. The minimum atomic E-state index is 0.115. The van der Waals surface area contributed by atoms with Crippen LogP contribution in [0.4, 0.5) is 0 Å². The fourth-order valence-corrected chi connectivity index (χ4v) is 1.49. The van der Waals surface area contributed by atoms with E-state index in [1.54, 1.807) is 19.2 Å². The molecule has 0 saturated carbocycles. The molecule has 0 spiro atoms. The van der Waals surface area contributed by atoms with Crippen molar-refractivity contribution in [1.82, 2.24) is 9.97 Å². The average molecular weight is 218 g/mol. The molecule has 0 saturated heterocycles. The van der Waals surface area contributed by atoms with E-state index in [-0.39, 0.29) is 5.78 Å². The maximum Gasteiger partial charge on any atom is 0.181 e. The van der Waals surface area contributed by atoms with Crippen molar-refractivity contribution in [2.24, 2.45) is 0 Å². The maximum absolute atomic E-state index is 11.7. The summed E-state index contributed by atoms with van der Waals surface area (Å²) in [6.45, 7) is 5.46. The van der Waals surface area contributed by atoms with Crippen LogP contribution in [0.2, 0.25) is 0 Å². The first-order chi connectivity index (χ1) is 7.74. The molecule has 0 N–H and O–H groups in total. The van der Waals surface area contributed by atoms with Crippen LogP contribution in [0, 0.1) is 6.92 Å². The average Bonchev–Trinajstić information content (AvgIpc) is 2.28. The normalized spacial score (nSPS) is 10.1. The predicted octanol–water partition coefficient (Wildman–Crippen LogP) is 3.10. The van der Waals surface area contributed by atoms with Crippen molar-refractivity contribution in [3.63, 3.8) is 0 Å². The van der Waals surface area contributed by atoms with Gasteiger partial charge >= 0.3 is 0 Å². The van der Waals surface area contributed by atoms with Crippen molar-refractivity contribution in [2.45, 2.75) is 39.0 Å². The number of hydrogen-bond acceptors (Lipinski definition) is 3. The molecule has 1 heterocycles. The van der Waals surface area contributed by atoms with Gasteiger partial charge in [-0.3, -0.25) is 4.79 Å². The quantitative estimate of drug-likeness (QED) is 0.401. The Bertz CT molecular complexity index is 361. The van der Waals surface area contributed by atoms with E-state index in [0.29, 0.717) is 17.9 Å². The van der Waals surface area contributed by atoms with Crippen LogP contribution in [-0.4, -0.2) is 15.8 Å². The third-order valence-corrected chi connectivity index (χ3v) is 2.37. The summed E-state index contributed by atoms with van der Waals surface area (Å²) < 4.78 is 0. The second kappa shape index (κ2) is 6.88. The number of ketones is 1. The highest BCUT2D eigenvalue weighted by molar-refractivity contribution is 5.94. The SMILES string of the molecule is C=CCCCCCC(=O)c1ccnc(C)n1. The van der Waals surface area contributed by atoms with Gasteiger partial charge < -0.3 is 0 Å². The summed E-state index contributed by atoms with van der Waals surface area (Å²) in [5.41, 5.74) is 0.538. The lowest BCUT2D eigenvalue weighted by Crippen LogP contribution is -2.03. The topological polar surface area (TPSA) is 42.9 Å². The Kier molecular flexibility index (Phi) is 5.40. The van der Waals surface area contributed by atoms with Gasteiger partial charge in [-0.25, -0.2) is 9.97 Å². The number of aryl methyl sites for hydroxylation is 1. The van der Waals surface area contributed by atoms with E-state index in [1.807, 2.05) is 6.08 Å². The van der Waals surface area contributed by atoms with Crippen LogP contribution in [0.25, 0.3) is 0 Å². The van der Waals surface area contributed by atoms with Gasteiger partial charge in [-0.2, -0.15) is 0 Å². The second-order valence-electron chi connectivity index (χ2n) is 3.80. The molecule has 0 unspecified atom stereocenters. The number of hydrogen-bond donors (Lipinski definition) is 0. The van der Waals surface area contributed by atoms with Crippen LogP contribution in [0.15, 0.2) is 24.9 Å². The molecule has 0 atom stereocenters. The summed E-state index contributed by atoms with van der Waals surface area (Å²) in [6.07, 6.45) is 8.26. The smallest absolute Gasteiger partial charge is 0.181 e. The molecule has 0 aromatic carbocycles. The fourth-order valence-electron chi connectivity index (χ4n) is 1.49. The molecular weight excluding hydrogens is 200 g/mol. The van der Waals surface area contributed by atoms with Gasteiger partial charge in [0.05, 0.1) is 0 Å². The van der Waals surface area contributed by atoms with Crippen molar-refractivity contribution in [1.29, 1.82) is 0 Å². The molecule has 1 aromatic rings. The molecule has 0 aliphatic carbocycles. The minimum Gasteiger partial charge on any atom is -0.292 e. The third-order valence-electron chi connectivity index (χ3n) is 2.37. The van der Waals surface area contributed by atoms with E-state index >= 15 is 0 Å². The molecule has 3 nitrogen and oxygen atoms in total. The van der Waals surface area contributed by atoms with Crippen molar-refractivity contribution in [3.8, 4) is 0 Å². The first-order valence-corrected chi connectivity index (χ1v) is 5.68. The predicted molar refractivity (Wildman–Crippen MR) is 64.4 cm³/mol. The van der Waals surface area contributed by atoms with Crippen molar-refractivity contribution < 1.29 is 4.79 Å². The van der Waals surface area contributed by atoms with Gasteiger partial charge in [0.2, 0.25) is 0 Å². The standard InChI is InChI=1S/C13H18N2O/c1-3-4-5-6-7-8-13(16)12-9-10-14-11(2)15-12/h3,9-10H,1,4-8H2,2H3. The Hall–Kier alpha value is -1.51. The van der Waals surface area contributed by atoms with Gasteiger partial charge in [-0.15, -0.1) is 6.58 Å². The lowest BCUT2D eigenvalue weighted by Gasteiger charge is -2.00. The minimum absolute atomic E-state index is 0.115. The van der Waals surface area contributed by atoms with Crippen LogP contribution in [-0.2, 0) is 0 Å². The van der Waals surface area contributed by atoms with Crippen molar-refractivity contribution in [3.05, 3.63) is 36.4 Å². The first kappa shape index (κ1) is 12.6. The van der Waals surface area contributed by atoms with Crippen LogP contribution in [0.3, 0.4) is 0 Å². The number of carbonyl (C=O) groups excluding carboxylic acids is 1. The lowest BCUT2D eigenvalue weighted by molar-refractivity contribution is 0.0974. The van der Waals surface area contributed by atoms with Crippen LogP contribution < -0.4 is 0 Å². The van der Waals surface area contributed by atoms with E-state index in [9.17, 15) is 4.79 Å². The lowest BCUT2D eigenvalue weighted by atomic mass is 10.1. The third kappa shape index (κ3) is 4.34. The molecule has 1 rings (SSSR count). The van der Waals surface area contributed by atoms with E-state index in [4.69, 9.17) is 0 Å². The molecular formula is C13H18N2O. The van der Waals surface area contributed by atoms with Crippen molar-refractivity contribution in [2.75, 3.05) is 0 Å². The van der Waals surface area contributed by atoms with E-state index in [1.165, 1.54) is 0 Å².